The van der Waals surface area contributed by atoms with Gasteiger partial charge < -0.3 is 4.74 Å². The molecule has 2 atom stereocenters. The average molecular weight is 191 g/mol. The Labute approximate surface area is 85.5 Å². The lowest BCUT2D eigenvalue weighted by molar-refractivity contribution is 0.413. The van der Waals surface area contributed by atoms with Crippen LogP contribution in [0.3, 0.4) is 0 Å². The molecule has 0 spiro atoms. The van der Waals surface area contributed by atoms with Crippen molar-refractivity contribution in [2.45, 2.75) is 25.9 Å². The van der Waals surface area contributed by atoms with Crippen molar-refractivity contribution in [2.24, 2.45) is 0 Å². The second-order valence-electron chi connectivity index (χ2n) is 4.08. The molecule has 0 amide bonds. The number of benzene rings is 1. The molecule has 0 aromatic heterocycles. The fourth-order valence-electron chi connectivity index (χ4n) is 1.85. The summed E-state index contributed by atoms with van der Waals surface area (Å²) >= 11 is 0. The summed E-state index contributed by atoms with van der Waals surface area (Å²) in [5.74, 6) is 0.936. The van der Waals surface area contributed by atoms with Gasteiger partial charge in [-0.15, -0.1) is 0 Å². The molecule has 2 heteroatoms. The van der Waals surface area contributed by atoms with Crippen molar-refractivity contribution in [3.63, 3.8) is 0 Å². The fourth-order valence-corrected chi connectivity index (χ4v) is 1.85. The van der Waals surface area contributed by atoms with Gasteiger partial charge in [0.1, 0.15) is 5.75 Å². The van der Waals surface area contributed by atoms with Crippen molar-refractivity contribution in [2.75, 3.05) is 13.7 Å². The van der Waals surface area contributed by atoms with Gasteiger partial charge in [-0.1, -0.05) is 12.1 Å². The van der Waals surface area contributed by atoms with Crippen LogP contribution in [0.25, 0.3) is 0 Å². The number of rotatable bonds is 3. The van der Waals surface area contributed by atoms with E-state index in [1.807, 2.05) is 12.1 Å². The standard InChI is InChI=1S/C12H17NO/c1-9(2)13-8-12(13)10-4-6-11(14-3)7-5-10/h4-7,9,12H,8H2,1-3H3. The maximum absolute atomic E-state index is 5.13. The van der Waals surface area contributed by atoms with Crippen LogP contribution in [0, 0.1) is 0 Å². The molecule has 0 radical (unpaired) electrons. The molecule has 2 nitrogen and oxygen atoms in total. The minimum atomic E-state index is 0.640. The van der Waals surface area contributed by atoms with Gasteiger partial charge in [-0.3, -0.25) is 4.90 Å². The van der Waals surface area contributed by atoms with Crippen molar-refractivity contribution >= 4 is 0 Å². The SMILES string of the molecule is COc1ccc(C2CN2C(C)C)cc1. The Kier molecular flexibility index (Phi) is 2.46. The molecule has 0 saturated carbocycles. The number of ether oxygens (including phenoxy) is 1. The zero-order valence-corrected chi connectivity index (χ0v) is 9.03. The second-order valence-corrected chi connectivity index (χ2v) is 4.08. The first-order chi connectivity index (χ1) is 6.72. The molecule has 1 aromatic rings. The largest absolute Gasteiger partial charge is 0.497 e. The molecule has 0 bridgehead atoms. The van der Waals surface area contributed by atoms with E-state index in [9.17, 15) is 0 Å². The molecule has 1 fully saturated rings. The zero-order valence-electron chi connectivity index (χ0n) is 9.03. The third-order valence-electron chi connectivity index (χ3n) is 2.81. The van der Waals surface area contributed by atoms with E-state index >= 15 is 0 Å². The van der Waals surface area contributed by atoms with Crippen molar-refractivity contribution in [1.82, 2.24) is 4.90 Å². The fraction of sp³-hybridized carbons (Fsp3) is 0.500. The summed E-state index contributed by atoms with van der Waals surface area (Å²) in [6.07, 6.45) is 0. The zero-order chi connectivity index (χ0) is 10.1. The molecule has 2 rings (SSSR count). The van der Waals surface area contributed by atoms with Gasteiger partial charge in [0.2, 0.25) is 0 Å². The van der Waals surface area contributed by atoms with E-state index in [2.05, 4.69) is 30.9 Å². The lowest BCUT2D eigenvalue weighted by Gasteiger charge is -2.07. The quantitative estimate of drug-likeness (QED) is 0.680. The predicted molar refractivity (Wildman–Crippen MR) is 57.6 cm³/mol. The summed E-state index contributed by atoms with van der Waals surface area (Å²) in [5, 5.41) is 0. The minimum absolute atomic E-state index is 0.640. The van der Waals surface area contributed by atoms with E-state index in [1.165, 1.54) is 12.1 Å². The van der Waals surface area contributed by atoms with Crippen LogP contribution in [0.15, 0.2) is 24.3 Å². The van der Waals surface area contributed by atoms with Crippen LogP contribution < -0.4 is 4.74 Å². The molecule has 1 heterocycles. The van der Waals surface area contributed by atoms with E-state index in [0.717, 1.165) is 5.75 Å². The first kappa shape index (κ1) is 9.53. The Hall–Kier alpha value is -1.02. The molecule has 0 N–H and O–H groups in total. The highest BCUT2D eigenvalue weighted by molar-refractivity contribution is 5.31. The summed E-state index contributed by atoms with van der Waals surface area (Å²) < 4.78 is 5.13. The Morgan fingerprint density at radius 3 is 2.36 bits per heavy atom. The molecule has 0 aliphatic carbocycles. The maximum Gasteiger partial charge on any atom is 0.118 e. The summed E-state index contributed by atoms with van der Waals surface area (Å²) in [6.45, 7) is 5.68. The van der Waals surface area contributed by atoms with E-state index in [0.29, 0.717) is 12.1 Å². The van der Waals surface area contributed by atoms with Crippen molar-refractivity contribution < 1.29 is 4.74 Å². The van der Waals surface area contributed by atoms with Gasteiger partial charge in [-0.2, -0.15) is 0 Å². The van der Waals surface area contributed by atoms with Gasteiger partial charge >= 0.3 is 0 Å². The molecular formula is C12H17NO. The normalized spacial score (nSPS) is 25.1. The monoisotopic (exact) mass is 191 g/mol. The summed E-state index contributed by atoms with van der Waals surface area (Å²) in [4.78, 5) is 2.47. The van der Waals surface area contributed by atoms with Crippen LogP contribution >= 0.6 is 0 Å². The second kappa shape index (κ2) is 3.62. The molecular weight excluding hydrogens is 174 g/mol. The highest BCUT2D eigenvalue weighted by Crippen LogP contribution is 2.37. The topological polar surface area (TPSA) is 12.2 Å². The number of methoxy groups -OCH3 is 1. The Morgan fingerprint density at radius 1 is 1.29 bits per heavy atom. The summed E-state index contributed by atoms with van der Waals surface area (Å²) in [5.41, 5.74) is 1.40. The highest BCUT2D eigenvalue weighted by atomic mass is 16.5. The van der Waals surface area contributed by atoms with Crippen LogP contribution in [0.2, 0.25) is 0 Å². The van der Waals surface area contributed by atoms with Gasteiger partial charge in [-0.05, 0) is 31.5 Å². The van der Waals surface area contributed by atoms with Crippen molar-refractivity contribution in [3.05, 3.63) is 29.8 Å². The van der Waals surface area contributed by atoms with Crippen LogP contribution in [0.1, 0.15) is 25.5 Å². The summed E-state index contributed by atoms with van der Waals surface area (Å²) in [6, 6.07) is 9.68. The molecule has 1 aliphatic rings. The van der Waals surface area contributed by atoms with Gasteiger partial charge in [-0.25, -0.2) is 0 Å². The Morgan fingerprint density at radius 2 is 1.93 bits per heavy atom. The van der Waals surface area contributed by atoms with E-state index in [-0.39, 0.29) is 0 Å². The van der Waals surface area contributed by atoms with Gasteiger partial charge in [0.05, 0.1) is 7.11 Å². The number of hydrogen-bond acceptors (Lipinski definition) is 2. The van der Waals surface area contributed by atoms with Crippen LogP contribution in [0.5, 0.6) is 5.75 Å². The van der Waals surface area contributed by atoms with E-state index in [4.69, 9.17) is 4.74 Å². The Bertz CT molecular complexity index is 305. The first-order valence-electron chi connectivity index (χ1n) is 5.12. The lowest BCUT2D eigenvalue weighted by atomic mass is 10.1. The van der Waals surface area contributed by atoms with Crippen molar-refractivity contribution in [3.8, 4) is 5.75 Å². The van der Waals surface area contributed by atoms with Crippen LogP contribution in [0.4, 0.5) is 0 Å². The molecule has 1 aliphatic heterocycles. The molecule has 1 aromatic carbocycles. The summed E-state index contributed by atoms with van der Waals surface area (Å²) in [7, 11) is 1.70. The van der Waals surface area contributed by atoms with E-state index < -0.39 is 0 Å². The van der Waals surface area contributed by atoms with Gasteiger partial charge in [0, 0.05) is 18.6 Å². The maximum atomic E-state index is 5.13. The Balaban J connectivity index is 2.05. The van der Waals surface area contributed by atoms with Crippen LogP contribution in [-0.2, 0) is 0 Å². The predicted octanol–water partition coefficient (Wildman–Crippen LogP) is 2.46. The third kappa shape index (κ3) is 1.75. The highest BCUT2D eigenvalue weighted by Gasteiger charge is 2.36. The number of hydrogen-bond donors (Lipinski definition) is 0. The van der Waals surface area contributed by atoms with Gasteiger partial charge in [0.25, 0.3) is 0 Å². The first-order valence-corrected chi connectivity index (χ1v) is 5.12. The smallest absolute Gasteiger partial charge is 0.118 e. The molecule has 76 valence electrons. The number of nitrogens with zero attached hydrogens (tertiary/aromatic N) is 1. The lowest BCUT2D eigenvalue weighted by Crippen LogP contribution is -2.09. The molecule has 2 unspecified atom stereocenters. The van der Waals surface area contributed by atoms with Crippen molar-refractivity contribution in [1.29, 1.82) is 0 Å². The molecule has 14 heavy (non-hydrogen) atoms. The van der Waals surface area contributed by atoms with Crippen LogP contribution in [-0.4, -0.2) is 24.6 Å². The average Bonchev–Trinajstić information content (AvgIpc) is 2.97. The van der Waals surface area contributed by atoms with E-state index in [1.54, 1.807) is 7.11 Å². The van der Waals surface area contributed by atoms with Gasteiger partial charge in [0.15, 0.2) is 0 Å². The minimum Gasteiger partial charge on any atom is -0.497 e. The molecule has 1 saturated heterocycles. The third-order valence-corrected chi connectivity index (χ3v) is 2.81.